The normalized spacial score (nSPS) is 14.9. The van der Waals surface area contributed by atoms with Gasteiger partial charge in [0.2, 0.25) is 5.88 Å². The summed E-state index contributed by atoms with van der Waals surface area (Å²) in [6, 6.07) is 19.6. The maximum atomic E-state index is 5.97. The SMILES string of the molecule is CCOc1ccccc1Oc1ccc(CNC(=NC)NCC2Cc3ccccc3O2)cn1. The van der Waals surface area contributed by atoms with Crippen molar-refractivity contribution in [1.82, 2.24) is 15.6 Å². The van der Waals surface area contributed by atoms with E-state index in [9.17, 15) is 0 Å². The fraction of sp³-hybridized carbons (Fsp3) is 0.280. The Hall–Kier alpha value is -3.74. The van der Waals surface area contributed by atoms with Crippen molar-refractivity contribution >= 4 is 5.96 Å². The second-order valence-corrected chi connectivity index (χ2v) is 7.34. The molecule has 0 aliphatic carbocycles. The summed E-state index contributed by atoms with van der Waals surface area (Å²) >= 11 is 0. The molecule has 0 spiro atoms. The molecular weight excluding hydrogens is 404 g/mol. The van der Waals surface area contributed by atoms with Crippen LogP contribution in [-0.4, -0.2) is 37.2 Å². The summed E-state index contributed by atoms with van der Waals surface area (Å²) in [6.07, 6.45) is 2.79. The van der Waals surface area contributed by atoms with Gasteiger partial charge in [-0.25, -0.2) is 4.98 Å². The Bertz CT molecular complexity index is 1030. The van der Waals surface area contributed by atoms with Gasteiger partial charge in [-0.3, -0.25) is 4.99 Å². The van der Waals surface area contributed by atoms with Gasteiger partial charge in [0.1, 0.15) is 11.9 Å². The van der Waals surface area contributed by atoms with Crippen LogP contribution in [0, 0.1) is 0 Å². The van der Waals surface area contributed by atoms with Crippen LogP contribution in [0.1, 0.15) is 18.1 Å². The quantitative estimate of drug-likeness (QED) is 0.415. The van der Waals surface area contributed by atoms with Gasteiger partial charge < -0.3 is 24.8 Å². The van der Waals surface area contributed by atoms with Gasteiger partial charge in [0.05, 0.1) is 13.2 Å². The number of benzene rings is 2. The van der Waals surface area contributed by atoms with Crippen LogP contribution >= 0.6 is 0 Å². The third kappa shape index (κ3) is 5.49. The first kappa shape index (κ1) is 21.5. The van der Waals surface area contributed by atoms with Gasteiger partial charge >= 0.3 is 0 Å². The van der Waals surface area contributed by atoms with Crippen molar-refractivity contribution < 1.29 is 14.2 Å². The molecule has 32 heavy (non-hydrogen) atoms. The minimum Gasteiger partial charge on any atom is -0.490 e. The number of nitrogens with zero attached hydrogens (tertiary/aromatic N) is 2. The summed E-state index contributed by atoms with van der Waals surface area (Å²) in [5, 5.41) is 6.64. The van der Waals surface area contributed by atoms with Crippen LogP contribution < -0.4 is 24.8 Å². The number of hydrogen-bond acceptors (Lipinski definition) is 5. The lowest BCUT2D eigenvalue weighted by Crippen LogP contribution is -2.41. The molecule has 0 radical (unpaired) electrons. The minimum absolute atomic E-state index is 0.101. The summed E-state index contributed by atoms with van der Waals surface area (Å²) in [7, 11) is 1.75. The van der Waals surface area contributed by atoms with E-state index in [1.54, 1.807) is 13.2 Å². The maximum absolute atomic E-state index is 5.97. The lowest BCUT2D eigenvalue weighted by atomic mass is 10.1. The van der Waals surface area contributed by atoms with E-state index in [0.717, 1.165) is 23.7 Å². The zero-order valence-corrected chi connectivity index (χ0v) is 18.4. The van der Waals surface area contributed by atoms with Crippen molar-refractivity contribution in [2.24, 2.45) is 4.99 Å². The molecular formula is C25H28N4O3. The van der Waals surface area contributed by atoms with Crippen LogP contribution in [0.2, 0.25) is 0 Å². The van der Waals surface area contributed by atoms with Crippen LogP contribution in [0.5, 0.6) is 23.1 Å². The second-order valence-electron chi connectivity index (χ2n) is 7.34. The van der Waals surface area contributed by atoms with Crippen LogP contribution in [0.15, 0.2) is 71.9 Å². The molecule has 7 nitrogen and oxygen atoms in total. The fourth-order valence-electron chi connectivity index (χ4n) is 3.48. The highest BCUT2D eigenvalue weighted by molar-refractivity contribution is 5.79. The Morgan fingerprint density at radius 2 is 1.88 bits per heavy atom. The van der Waals surface area contributed by atoms with E-state index in [1.807, 2.05) is 61.5 Å². The van der Waals surface area contributed by atoms with Crippen molar-refractivity contribution in [2.75, 3.05) is 20.2 Å². The predicted molar refractivity (Wildman–Crippen MR) is 125 cm³/mol. The molecule has 7 heteroatoms. The first-order valence-electron chi connectivity index (χ1n) is 10.8. The second kappa shape index (κ2) is 10.5. The van der Waals surface area contributed by atoms with Crippen LogP contribution in [0.3, 0.4) is 0 Å². The average Bonchev–Trinajstić information content (AvgIpc) is 3.25. The molecule has 1 atom stereocenters. The number of para-hydroxylation sites is 3. The number of hydrogen-bond donors (Lipinski definition) is 2. The molecule has 0 fully saturated rings. The monoisotopic (exact) mass is 432 g/mol. The molecule has 0 bridgehead atoms. The first-order chi connectivity index (χ1) is 15.7. The zero-order chi connectivity index (χ0) is 22.2. The predicted octanol–water partition coefficient (Wildman–Crippen LogP) is 3.94. The molecule has 0 saturated carbocycles. The number of ether oxygens (including phenoxy) is 3. The summed E-state index contributed by atoms with van der Waals surface area (Å²) in [4.78, 5) is 8.71. The van der Waals surface area contributed by atoms with Gasteiger partial charge in [0, 0.05) is 32.3 Å². The van der Waals surface area contributed by atoms with Crippen molar-refractivity contribution in [3.8, 4) is 23.1 Å². The van der Waals surface area contributed by atoms with Gasteiger partial charge in [-0.1, -0.05) is 36.4 Å². The highest BCUT2D eigenvalue weighted by atomic mass is 16.5. The number of pyridine rings is 1. The standard InChI is InChI=1S/C25H28N4O3/c1-3-30-22-10-6-7-11-23(22)32-24-13-12-18(15-27-24)16-28-25(26-2)29-17-20-14-19-8-4-5-9-21(19)31-20/h4-13,15,20H,3,14,16-17H2,1-2H3,(H2,26,28,29). The Kier molecular flexibility index (Phi) is 7.07. The zero-order valence-electron chi connectivity index (χ0n) is 18.4. The number of fused-ring (bicyclic) bond motifs is 1. The van der Waals surface area contributed by atoms with Gasteiger partial charge in [-0.2, -0.15) is 0 Å². The van der Waals surface area contributed by atoms with Crippen molar-refractivity contribution in [3.05, 3.63) is 78.0 Å². The molecule has 1 aromatic heterocycles. The number of rotatable bonds is 8. The van der Waals surface area contributed by atoms with Crippen LogP contribution in [0.4, 0.5) is 0 Å². The van der Waals surface area contributed by atoms with Gasteiger partial charge in [-0.05, 0) is 36.2 Å². The minimum atomic E-state index is 0.101. The van der Waals surface area contributed by atoms with Crippen molar-refractivity contribution in [1.29, 1.82) is 0 Å². The van der Waals surface area contributed by atoms with E-state index in [1.165, 1.54) is 5.56 Å². The molecule has 3 aromatic rings. The van der Waals surface area contributed by atoms with Crippen molar-refractivity contribution in [2.45, 2.75) is 26.0 Å². The molecule has 1 aliphatic rings. The van der Waals surface area contributed by atoms with Gasteiger partial charge in [0.25, 0.3) is 0 Å². The lowest BCUT2D eigenvalue weighted by Gasteiger charge is -2.15. The van der Waals surface area contributed by atoms with Crippen molar-refractivity contribution in [3.63, 3.8) is 0 Å². The van der Waals surface area contributed by atoms with E-state index in [-0.39, 0.29) is 6.10 Å². The summed E-state index contributed by atoms with van der Waals surface area (Å²) in [5.74, 6) is 3.55. The summed E-state index contributed by atoms with van der Waals surface area (Å²) < 4.78 is 17.4. The summed E-state index contributed by atoms with van der Waals surface area (Å²) in [5.41, 5.74) is 2.27. The number of aliphatic imine (C=N–C) groups is 1. The Morgan fingerprint density at radius 3 is 2.62 bits per heavy atom. The van der Waals surface area contributed by atoms with Crippen LogP contribution in [0.25, 0.3) is 0 Å². The van der Waals surface area contributed by atoms with Gasteiger partial charge in [-0.15, -0.1) is 0 Å². The Labute approximate surface area is 188 Å². The smallest absolute Gasteiger partial charge is 0.219 e. The van der Waals surface area contributed by atoms with E-state index in [4.69, 9.17) is 14.2 Å². The highest BCUT2D eigenvalue weighted by Crippen LogP contribution is 2.30. The molecule has 166 valence electrons. The third-order valence-corrected chi connectivity index (χ3v) is 5.06. The van der Waals surface area contributed by atoms with E-state index in [0.29, 0.717) is 37.1 Å². The molecule has 2 heterocycles. The molecule has 2 N–H and O–H groups in total. The molecule has 4 rings (SSSR count). The lowest BCUT2D eigenvalue weighted by molar-refractivity contribution is 0.235. The Balaban J connectivity index is 1.25. The van der Waals surface area contributed by atoms with Gasteiger partial charge in [0.15, 0.2) is 17.5 Å². The average molecular weight is 433 g/mol. The molecule has 1 unspecified atom stereocenters. The summed E-state index contributed by atoms with van der Waals surface area (Å²) in [6.45, 7) is 3.79. The molecule has 2 aromatic carbocycles. The topological polar surface area (TPSA) is 77.0 Å². The maximum Gasteiger partial charge on any atom is 0.219 e. The number of nitrogens with one attached hydrogen (secondary N) is 2. The largest absolute Gasteiger partial charge is 0.490 e. The number of guanidine groups is 1. The number of aromatic nitrogens is 1. The highest BCUT2D eigenvalue weighted by Gasteiger charge is 2.22. The molecule has 0 amide bonds. The third-order valence-electron chi connectivity index (χ3n) is 5.06. The fourth-order valence-corrected chi connectivity index (χ4v) is 3.48. The van der Waals surface area contributed by atoms with E-state index in [2.05, 4.69) is 26.7 Å². The first-order valence-corrected chi connectivity index (χ1v) is 10.8. The van der Waals surface area contributed by atoms with Crippen LogP contribution in [-0.2, 0) is 13.0 Å². The Morgan fingerprint density at radius 1 is 1.06 bits per heavy atom. The molecule has 0 saturated heterocycles. The molecule has 1 aliphatic heterocycles. The van der Waals surface area contributed by atoms with E-state index < -0.39 is 0 Å². The van der Waals surface area contributed by atoms with E-state index >= 15 is 0 Å².